The van der Waals surface area contributed by atoms with Crippen molar-refractivity contribution >= 4 is 81.8 Å². The number of rotatable bonds is 1. The van der Waals surface area contributed by atoms with E-state index in [0.717, 1.165) is 27.6 Å². The molecule has 6 aromatic carbocycles. The number of hydrogen-bond acceptors (Lipinski definition) is 1. The standard InChI is InChI=1S/C36H20N2O/c1-5-13-28-22(9-1)27-20-31-34(35-26-12-3-7-15-30(26)38(28)36(27)35)25-11-2-6-14-29(25)37(31)21-17-18-24-23-10-4-8-16-32(23)39-33(24)19-21/h1-20H. The fraction of sp³-hybridized carbons (Fsp3) is 0. The number of hydrogen-bond donors (Lipinski definition) is 0. The van der Waals surface area contributed by atoms with Gasteiger partial charge in [0.25, 0.3) is 0 Å². The van der Waals surface area contributed by atoms with Gasteiger partial charge in [0.2, 0.25) is 0 Å². The van der Waals surface area contributed by atoms with Crippen LogP contribution < -0.4 is 0 Å². The highest BCUT2D eigenvalue weighted by Gasteiger charge is 2.23. The van der Waals surface area contributed by atoms with Gasteiger partial charge in [0.15, 0.2) is 0 Å². The monoisotopic (exact) mass is 496 g/mol. The second kappa shape index (κ2) is 6.77. The Morgan fingerprint density at radius 1 is 0.410 bits per heavy atom. The first-order valence-electron chi connectivity index (χ1n) is 13.4. The molecule has 4 aromatic heterocycles. The summed E-state index contributed by atoms with van der Waals surface area (Å²) in [6.07, 6.45) is 0. The Morgan fingerprint density at radius 2 is 1.03 bits per heavy atom. The van der Waals surface area contributed by atoms with Gasteiger partial charge in [-0.1, -0.05) is 72.8 Å². The molecule has 0 saturated heterocycles. The minimum absolute atomic E-state index is 0.909. The molecule has 0 atom stereocenters. The average Bonchev–Trinajstić information content (AvgIpc) is 3.71. The molecule has 0 aliphatic carbocycles. The van der Waals surface area contributed by atoms with Crippen molar-refractivity contribution in [2.75, 3.05) is 0 Å². The van der Waals surface area contributed by atoms with Crippen LogP contribution in [-0.2, 0) is 0 Å². The van der Waals surface area contributed by atoms with Crippen molar-refractivity contribution in [3.8, 4) is 5.69 Å². The summed E-state index contributed by atoms with van der Waals surface area (Å²) in [7, 11) is 0. The summed E-state index contributed by atoms with van der Waals surface area (Å²) in [6.45, 7) is 0. The molecule has 3 nitrogen and oxygen atoms in total. The van der Waals surface area contributed by atoms with Crippen molar-refractivity contribution in [2.24, 2.45) is 0 Å². The van der Waals surface area contributed by atoms with Crippen molar-refractivity contribution in [3.05, 3.63) is 121 Å². The van der Waals surface area contributed by atoms with Crippen LogP contribution in [0.2, 0.25) is 0 Å². The molecule has 4 heterocycles. The number of nitrogens with zero attached hydrogens (tertiary/aromatic N) is 2. The van der Waals surface area contributed by atoms with Gasteiger partial charge in [-0.25, -0.2) is 0 Å². The van der Waals surface area contributed by atoms with Gasteiger partial charge in [-0.2, -0.15) is 0 Å². The van der Waals surface area contributed by atoms with Crippen LogP contribution in [0.5, 0.6) is 0 Å². The van der Waals surface area contributed by atoms with E-state index < -0.39 is 0 Å². The third-order valence-electron chi connectivity index (χ3n) is 8.63. The summed E-state index contributed by atoms with van der Waals surface area (Å²) in [5.74, 6) is 0. The van der Waals surface area contributed by atoms with Gasteiger partial charge in [0.1, 0.15) is 11.2 Å². The highest BCUT2D eigenvalue weighted by molar-refractivity contribution is 6.35. The van der Waals surface area contributed by atoms with E-state index in [1.54, 1.807) is 0 Å². The van der Waals surface area contributed by atoms with Crippen LogP contribution in [0.25, 0.3) is 87.5 Å². The zero-order valence-corrected chi connectivity index (χ0v) is 20.8. The number of fused-ring (bicyclic) bond motifs is 13. The first-order valence-corrected chi connectivity index (χ1v) is 13.4. The summed E-state index contributed by atoms with van der Waals surface area (Å²) in [6, 6.07) is 43.7. The lowest BCUT2D eigenvalue weighted by Gasteiger charge is -2.08. The lowest BCUT2D eigenvalue weighted by molar-refractivity contribution is 0.668. The molecule has 39 heavy (non-hydrogen) atoms. The van der Waals surface area contributed by atoms with Gasteiger partial charge in [0.05, 0.1) is 27.6 Å². The summed E-state index contributed by atoms with van der Waals surface area (Å²) < 4.78 is 11.2. The van der Waals surface area contributed by atoms with E-state index in [0.29, 0.717) is 0 Å². The molecule has 0 fully saturated rings. The molecule has 0 bridgehead atoms. The summed E-state index contributed by atoms with van der Waals surface area (Å²) in [5, 5.41) is 10.1. The minimum Gasteiger partial charge on any atom is -0.456 e. The third-order valence-corrected chi connectivity index (χ3v) is 8.63. The number of para-hydroxylation sites is 4. The molecular formula is C36H20N2O. The van der Waals surface area contributed by atoms with Gasteiger partial charge in [-0.3, -0.25) is 0 Å². The second-order valence-corrected chi connectivity index (χ2v) is 10.5. The van der Waals surface area contributed by atoms with Gasteiger partial charge >= 0.3 is 0 Å². The molecule has 0 spiro atoms. The van der Waals surface area contributed by atoms with Crippen molar-refractivity contribution in [1.82, 2.24) is 8.97 Å². The smallest absolute Gasteiger partial charge is 0.137 e. The Labute approximate surface area is 222 Å². The fourth-order valence-electron chi connectivity index (χ4n) is 7.10. The summed E-state index contributed by atoms with van der Waals surface area (Å²) >= 11 is 0. The highest BCUT2D eigenvalue weighted by Crippen LogP contribution is 2.46. The van der Waals surface area contributed by atoms with Crippen molar-refractivity contribution in [1.29, 1.82) is 0 Å². The zero-order chi connectivity index (χ0) is 25.2. The molecule has 180 valence electrons. The Bertz CT molecular complexity index is 2610. The largest absolute Gasteiger partial charge is 0.456 e. The van der Waals surface area contributed by atoms with Crippen LogP contribution in [-0.4, -0.2) is 8.97 Å². The van der Waals surface area contributed by atoms with E-state index in [1.165, 1.54) is 59.9 Å². The average molecular weight is 497 g/mol. The molecule has 0 N–H and O–H groups in total. The van der Waals surface area contributed by atoms with Crippen LogP contribution in [0.1, 0.15) is 0 Å². The van der Waals surface area contributed by atoms with E-state index >= 15 is 0 Å². The molecule has 3 heteroatoms. The topological polar surface area (TPSA) is 22.5 Å². The van der Waals surface area contributed by atoms with E-state index in [-0.39, 0.29) is 0 Å². The maximum Gasteiger partial charge on any atom is 0.137 e. The van der Waals surface area contributed by atoms with Crippen LogP contribution in [0, 0.1) is 0 Å². The van der Waals surface area contributed by atoms with E-state index in [2.05, 4.69) is 118 Å². The molecular weight excluding hydrogens is 476 g/mol. The van der Waals surface area contributed by atoms with Gasteiger partial charge in [0, 0.05) is 54.8 Å². The molecule has 10 rings (SSSR count). The van der Waals surface area contributed by atoms with Gasteiger partial charge in [-0.05, 0) is 42.5 Å². The van der Waals surface area contributed by atoms with Gasteiger partial charge < -0.3 is 13.4 Å². The molecule has 10 aromatic rings. The zero-order valence-electron chi connectivity index (χ0n) is 20.8. The fourth-order valence-corrected chi connectivity index (χ4v) is 7.10. The van der Waals surface area contributed by atoms with Crippen molar-refractivity contribution < 1.29 is 4.42 Å². The Kier molecular flexibility index (Phi) is 3.44. The maximum atomic E-state index is 6.31. The molecule has 0 aliphatic rings. The number of furan rings is 1. The molecule has 0 unspecified atom stereocenters. The van der Waals surface area contributed by atoms with Crippen LogP contribution >= 0.6 is 0 Å². The third kappa shape index (κ3) is 2.31. The number of benzene rings is 6. The van der Waals surface area contributed by atoms with Gasteiger partial charge in [-0.15, -0.1) is 0 Å². The predicted molar refractivity (Wildman–Crippen MR) is 163 cm³/mol. The minimum atomic E-state index is 0.909. The first kappa shape index (κ1) is 19.8. The highest BCUT2D eigenvalue weighted by atomic mass is 16.3. The lowest BCUT2D eigenvalue weighted by atomic mass is 10.0. The van der Waals surface area contributed by atoms with Crippen LogP contribution in [0.4, 0.5) is 0 Å². The first-order chi connectivity index (χ1) is 19.4. The van der Waals surface area contributed by atoms with Crippen LogP contribution in [0.15, 0.2) is 126 Å². The van der Waals surface area contributed by atoms with Crippen molar-refractivity contribution in [3.63, 3.8) is 0 Å². The molecule has 0 saturated carbocycles. The van der Waals surface area contributed by atoms with E-state index in [1.807, 2.05) is 12.1 Å². The predicted octanol–water partition coefficient (Wildman–Crippen LogP) is 9.83. The molecule has 0 amide bonds. The molecule has 0 aliphatic heterocycles. The second-order valence-electron chi connectivity index (χ2n) is 10.5. The summed E-state index contributed by atoms with van der Waals surface area (Å²) in [5.41, 5.74) is 9.17. The summed E-state index contributed by atoms with van der Waals surface area (Å²) in [4.78, 5) is 0. The van der Waals surface area contributed by atoms with Crippen molar-refractivity contribution in [2.45, 2.75) is 0 Å². The Hall–Kier alpha value is -5.28. The molecule has 0 radical (unpaired) electrons. The Balaban J connectivity index is 1.45. The van der Waals surface area contributed by atoms with E-state index in [9.17, 15) is 0 Å². The maximum absolute atomic E-state index is 6.31. The Morgan fingerprint density at radius 3 is 1.85 bits per heavy atom. The lowest BCUT2D eigenvalue weighted by Crippen LogP contribution is -1.93. The quantitative estimate of drug-likeness (QED) is 0.222. The van der Waals surface area contributed by atoms with E-state index in [4.69, 9.17) is 4.42 Å². The normalized spacial score (nSPS) is 12.6. The number of aromatic nitrogens is 2. The SMILES string of the molecule is c1ccc2c(c1)oc1cc(-n3c4ccccc4c4c5c6ccccc6n6c7ccccc7c(cc43)c56)ccc12. The van der Waals surface area contributed by atoms with Crippen LogP contribution in [0.3, 0.4) is 0 Å².